The molecule has 0 saturated heterocycles. The molecule has 0 radical (unpaired) electrons. The molecule has 1 fully saturated rings. The van der Waals surface area contributed by atoms with Gasteiger partial charge >= 0.3 is 11.9 Å². The second-order valence-electron chi connectivity index (χ2n) is 9.52. The van der Waals surface area contributed by atoms with Crippen molar-refractivity contribution in [3.05, 3.63) is 36.4 Å². The number of carbonyl (C=O) groups is 1. The Balaban J connectivity index is 1.66. The van der Waals surface area contributed by atoms with Crippen molar-refractivity contribution in [2.24, 2.45) is 11.3 Å². The summed E-state index contributed by atoms with van der Waals surface area (Å²) in [4.78, 5) is 11.9. The van der Waals surface area contributed by atoms with E-state index in [-0.39, 0.29) is 6.10 Å². The van der Waals surface area contributed by atoms with Gasteiger partial charge in [-0.2, -0.15) is 8.78 Å². The summed E-state index contributed by atoms with van der Waals surface area (Å²) in [6, 6.07) is 11.2. The number of benzene rings is 2. The summed E-state index contributed by atoms with van der Waals surface area (Å²) in [5.41, 5.74) is 0.880. The van der Waals surface area contributed by atoms with Gasteiger partial charge < -0.3 is 14.7 Å². The van der Waals surface area contributed by atoms with Crippen molar-refractivity contribution in [1.82, 2.24) is 0 Å². The number of nitrogens with zero attached hydrogens (tertiary/aromatic N) is 1. The first-order valence-corrected chi connectivity index (χ1v) is 10.5. The Bertz CT molecular complexity index is 899. The van der Waals surface area contributed by atoms with Crippen LogP contribution in [0, 0.1) is 11.3 Å². The molecule has 0 amide bonds. The zero-order chi connectivity index (χ0) is 22.1. The lowest BCUT2D eigenvalue weighted by atomic mass is 9.72. The molecule has 2 aromatic carbocycles. The van der Waals surface area contributed by atoms with Crippen molar-refractivity contribution >= 4 is 22.4 Å². The molecule has 1 N–H and O–H groups in total. The fourth-order valence-electron chi connectivity index (χ4n) is 4.22. The topological polar surface area (TPSA) is 49.8 Å². The minimum absolute atomic E-state index is 0.227. The van der Waals surface area contributed by atoms with E-state index in [0.717, 1.165) is 35.3 Å². The Morgan fingerprint density at radius 3 is 2.27 bits per heavy atom. The number of aliphatic carboxylic acids is 1. The lowest BCUT2D eigenvalue weighted by Crippen LogP contribution is -2.40. The highest BCUT2D eigenvalue weighted by molar-refractivity contribution is 5.87. The first-order valence-electron chi connectivity index (χ1n) is 10.5. The second kappa shape index (κ2) is 8.40. The standard InChI is InChI=1S/C24H31F2NO3/c1-23(2,3)18-7-11-20(12-8-18)30-21-10-6-16-13-19(9-5-17(16)14-21)27(4)15-24(25,26)22(28)29/h5-6,9-10,13-14,18,20H,7-8,11-12,15H2,1-4H3,(H,28,29)/t18-,20-. The van der Waals surface area contributed by atoms with Crippen molar-refractivity contribution < 1.29 is 23.4 Å². The number of hydrogen-bond acceptors (Lipinski definition) is 3. The average molecular weight is 420 g/mol. The van der Waals surface area contributed by atoms with Gasteiger partial charge in [0.15, 0.2) is 0 Å². The third-order valence-corrected chi connectivity index (χ3v) is 6.19. The quantitative estimate of drug-likeness (QED) is 0.626. The van der Waals surface area contributed by atoms with Gasteiger partial charge in [-0.1, -0.05) is 32.9 Å². The van der Waals surface area contributed by atoms with E-state index in [0.29, 0.717) is 11.1 Å². The average Bonchev–Trinajstić information content (AvgIpc) is 2.66. The molecule has 4 nitrogen and oxygen atoms in total. The third-order valence-electron chi connectivity index (χ3n) is 6.19. The Kier molecular flexibility index (Phi) is 6.25. The van der Waals surface area contributed by atoms with Gasteiger partial charge in [-0.15, -0.1) is 0 Å². The van der Waals surface area contributed by atoms with Crippen LogP contribution in [0.4, 0.5) is 14.5 Å². The Labute approximate surface area is 176 Å². The molecule has 6 heteroatoms. The van der Waals surface area contributed by atoms with Crippen LogP contribution in [0.2, 0.25) is 0 Å². The molecule has 3 rings (SSSR count). The van der Waals surface area contributed by atoms with E-state index in [4.69, 9.17) is 9.84 Å². The van der Waals surface area contributed by atoms with Crippen LogP contribution in [0.5, 0.6) is 5.75 Å². The highest BCUT2D eigenvalue weighted by Crippen LogP contribution is 2.39. The number of anilines is 1. The van der Waals surface area contributed by atoms with Gasteiger partial charge in [0.2, 0.25) is 0 Å². The zero-order valence-corrected chi connectivity index (χ0v) is 18.1. The molecule has 0 atom stereocenters. The van der Waals surface area contributed by atoms with Crippen LogP contribution in [0.25, 0.3) is 10.8 Å². The van der Waals surface area contributed by atoms with Crippen molar-refractivity contribution in [1.29, 1.82) is 0 Å². The van der Waals surface area contributed by atoms with Gasteiger partial charge in [-0.25, -0.2) is 4.79 Å². The van der Waals surface area contributed by atoms with E-state index in [1.165, 1.54) is 24.8 Å². The van der Waals surface area contributed by atoms with Crippen LogP contribution in [0.15, 0.2) is 36.4 Å². The number of carboxylic acid groups (broad SMARTS) is 1. The maximum absolute atomic E-state index is 13.5. The van der Waals surface area contributed by atoms with Gasteiger partial charge in [0.1, 0.15) is 5.75 Å². The predicted molar refractivity (Wildman–Crippen MR) is 116 cm³/mol. The molecule has 0 aliphatic heterocycles. The van der Waals surface area contributed by atoms with Gasteiger partial charge in [-0.05, 0) is 72.1 Å². The fourth-order valence-corrected chi connectivity index (χ4v) is 4.22. The number of ether oxygens (including phenoxy) is 1. The SMILES string of the molecule is CN(CC(F)(F)C(=O)O)c1ccc2cc(O[C@H]3CC[C@H](C(C)(C)C)CC3)ccc2c1. The third kappa shape index (κ3) is 5.21. The molecule has 30 heavy (non-hydrogen) atoms. The van der Waals surface area contributed by atoms with E-state index in [9.17, 15) is 13.6 Å². The normalized spacial score (nSPS) is 20.2. The van der Waals surface area contributed by atoms with E-state index in [2.05, 4.69) is 20.8 Å². The Hall–Kier alpha value is -2.37. The van der Waals surface area contributed by atoms with E-state index in [1.807, 2.05) is 24.3 Å². The molecule has 0 heterocycles. The summed E-state index contributed by atoms with van der Waals surface area (Å²) in [5.74, 6) is -4.36. The summed E-state index contributed by atoms with van der Waals surface area (Å²) in [7, 11) is 1.46. The lowest BCUT2D eigenvalue weighted by Gasteiger charge is -2.37. The number of fused-ring (bicyclic) bond motifs is 1. The summed E-state index contributed by atoms with van der Waals surface area (Å²) in [6.07, 6.45) is 4.70. The van der Waals surface area contributed by atoms with E-state index >= 15 is 0 Å². The van der Waals surface area contributed by atoms with Crippen molar-refractivity contribution in [2.45, 2.75) is 58.5 Å². The maximum Gasteiger partial charge on any atom is 0.376 e. The van der Waals surface area contributed by atoms with Crippen LogP contribution < -0.4 is 9.64 Å². The number of carboxylic acids is 1. The molecular formula is C24H31F2NO3. The number of hydrogen-bond donors (Lipinski definition) is 1. The summed E-state index contributed by atoms with van der Waals surface area (Å²) in [6.45, 7) is 6.02. The van der Waals surface area contributed by atoms with Crippen LogP contribution >= 0.6 is 0 Å². The maximum atomic E-state index is 13.5. The molecule has 1 aliphatic rings. The summed E-state index contributed by atoms with van der Waals surface area (Å²) < 4.78 is 33.2. The first-order chi connectivity index (χ1) is 14.0. The highest BCUT2D eigenvalue weighted by atomic mass is 19.3. The molecule has 1 aliphatic carbocycles. The molecule has 164 valence electrons. The molecule has 0 unspecified atom stereocenters. The highest BCUT2D eigenvalue weighted by Gasteiger charge is 2.40. The predicted octanol–water partition coefficient (Wildman–Crippen LogP) is 5.98. The van der Waals surface area contributed by atoms with Crippen molar-refractivity contribution in [3.8, 4) is 5.75 Å². The molecular weight excluding hydrogens is 388 g/mol. The van der Waals surface area contributed by atoms with E-state index in [1.54, 1.807) is 12.1 Å². The van der Waals surface area contributed by atoms with Gasteiger partial charge in [0.05, 0.1) is 12.6 Å². The van der Waals surface area contributed by atoms with Crippen molar-refractivity contribution in [2.75, 3.05) is 18.5 Å². The van der Waals surface area contributed by atoms with Crippen molar-refractivity contribution in [3.63, 3.8) is 0 Å². The zero-order valence-electron chi connectivity index (χ0n) is 18.1. The van der Waals surface area contributed by atoms with Gasteiger partial charge in [0, 0.05) is 12.7 Å². The molecule has 0 aromatic heterocycles. The minimum Gasteiger partial charge on any atom is -0.490 e. The monoisotopic (exact) mass is 419 g/mol. The summed E-state index contributed by atoms with van der Waals surface area (Å²) >= 11 is 0. The largest absolute Gasteiger partial charge is 0.490 e. The van der Waals surface area contributed by atoms with E-state index < -0.39 is 18.4 Å². The van der Waals surface area contributed by atoms with Crippen LogP contribution in [0.3, 0.4) is 0 Å². The molecule has 0 bridgehead atoms. The number of alkyl halides is 2. The number of halogens is 2. The van der Waals surface area contributed by atoms with Gasteiger partial charge in [0.25, 0.3) is 0 Å². The molecule has 1 saturated carbocycles. The summed E-state index contributed by atoms with van der Waals surface area (Å²) in [5, 5.41) is 10.5. The first kappa shape index (κ1) is 22.3. The van der Waals surface area contributed by atoms with Gasteiger partial charge in [-0.3, -0.25) is 0 Å². The second-order valence-corrected chi connectivity index (χ2v) is 9.52. The number of rotatable bonds is 6. The molecule has 2 aromatic rings. The fraction of sp³-hybridized carbons (Fsp3) is 0.542. The smallest absolute Gasteiger partial charge is 0.376 e. The lowest BCUT2D eigenvalue weighted by molar-refractivity contribution is -0.163. The van der Waals surface area contributed by atoms with Crippen LogP contribution in [-0.4, -0.2) is 36.7 Å². The Morgan fingerprint density at radius 1 is 1.07 bits per heavy atom. The minimum atomic E-state index is -3.80. The Morgan fingerprint density at radius 2 is 1.67 bits per heavy atom. The molecule has 0 spiro atoms. The van der Waals surface area contributed by atoms with Crippen LogP contribution in [-0.2, 0) is 4.79 Å². The van der Waals surface area contributed by atoms with Crippen LogP contribution in [0.1, 0.15) is 46.5 Å².